The van der Waals surface area contributed by atoms with Gasteiger partial charge in [-0.15, -0.1) is 0 Å². The van der Waals surface area contributed by atoms with Gasteiger partial charge in [0.1, 0.15) is 0 Å². The monoisotopic (exact) mass is 890 g/mol. The van der Waals surface area contributed by atoms with Crippen LogP contribution in [0, 0.1) is 45.3 Å². The molecule has 70 heavy (non-hydrogen) atoms. The van der Waals surface area contributed by atoms with Gasteiger partial charge in [-0.1, -0.05) is 121 Å². The fourth-order valence-electron chi connectivity index (χ4n) is 9.88. The summed E-state index contributed by atoms with van der Waals surface area (Å²) in [5.41, 5.74) is 14.0. The molecule has 0 spiro atoms. The van der Waals surface area contributed by atoms with E-state index in [1.54, 1.807) is 60.7 Å². The molecule has 0 saturated carbocycles. The minimum Gasteiger partial charge on any atom is -0.309 e. The molecule has 0 radical (unpaired) electrons. The number of hydrogen-bond donors (Lipinski definition) is 0. The molecule has 8 nitrogen and oxygen atoms in total. The van der Waals surface area contributed by atoms with Crippen LogP contribution in [-0.2, 0) is 0 Å². The van der Waals surface area contributed by atoms with Crippen molar-refractivity contribution in [2.45, 2.75) is 0 Å². The van der Waals surface area contributed by atoms with Crippen molar-refractivity contribution in [3.63, 3.8) is 0 Å². The summed E-state index contributed by atoms with van der Waals surface area (Å²) in [7, 11) is 0. The van der Waals surface area contributed by atoms with Crippen LogP contribution in [0.25, 0.3) is 111 Å². The van der Waals surface area contributed by atoms with E-state index in [0.717, 1.165) is 39.1 Å². The molecular weight excluding hydrogens is 857 g/mol. The summed E-state index contributed by atoms with van der Waals surface area (Å²) in [6.07, 6.45) is 0. The summed E-state index contributed by atoms with van der Waals surface area (Å²) in [6, 6.07) is 77.5. The van der Waals surface area contributed by atoms with Crippen LogP contribution in [0.3, 0.4) is 0 Å². The SMILES string of the molecule is N#Cc1cc(-c2cc(-c3ccccc3C#N)nc(-c3ccccc3C#N)n2)c(C#N)cc1-c1ccc(-c2ccc(-n3c4ccccc4c4cc(-n5c6ccccc6c6ccccc65)ccc43)cc2)cc1. The van der Waals surface area contributed by atoms with E-state index < -0.39 is 0 Å². The van der Waals surface area contributed by atoms with Gasteiger partial charge in [-0.25, -0.2) is 9.97 Å². The maximum Gasteiger partial charge on any atom is 0.161 e. The van der Waals surface area contributed by atoms with Crippen molar-refractivity contribution in [3.8, 4) is 91.8 Å². The van der Waals surface area contributed by atoms with Crippen LogP contribution in [0.1, 0.15) is 22.3 Å². The van der Waals surface area contributed by atoms with Gasteiger partial charge in [0.05, 0.1) is 80.0 Å². The molecule has 0 aliphatic carbocycles. The number of nitriles is 4. The number of rotatable bonds is 7. The largest absolute Gasteiger partial charge is 0.309 e. The molecule has 0 unspecified atom stereocenters. The topological polar surface area (TPSA) is 131 Å². The Morgan fingerprint density at radius 3 is 1.31 bits per heavy atom. The van der Waals surface area contributed by atoms with Crippen molar-refractivity contribution in [1.82, 2.24) is 19.1 Å². The number of para-hydroxylation sites is 3. The molecule has 8 heteroatoms. The molecule has 0 saturated heterocycles. The van der Waals surface area contributed by atoms with Crippen LogP contribution >= 0.6 is 0 Å². The lowest BCUT2D eigenvalue weighted by Crippen LogP contribution is -2.00. The van der Waals surface area contributed by atoms with E-state index in [-0.39, 0.29) is 5.82 Å². The molecule has 0 fully saturated rings. The third-order valence-corrected chi connectivity index (χ3v) is 13.2. The molecule has 3 heterocycles. The first-order valence-corrected chi connectivity index (χ1v) is 22.6. The van der Waals surface area contributed by atoms with Crippen molar-refractivity contribution in [3.05, 3.63) is 229 Å². The molecule has 0 amide bonds. The summed E-state index contributed by atoms with van der Waals surface area (Å²) in [4.78, 5) is 9.69. The highest BCUT2D eigenvalue weighted by Gasteiger charge is 2.21. The summed E-state index contributed by atoms with van der Waals surface area (Å²) < 4.78 is 4.69. The van der Waals surface area contributed by atoms with Crippen molar-refractivity contribution >= 4 is 43.6 Å². The summed E-state index contributed by atoms with van der Waals surface area (Å²) in [5, 5.41) is 45.9. The van der Waals surface area contributed by atoms with E-state index in [4.69, 9.17) is 9.97 Å². The van der Waals surface area contributed by atoms with Crippen LogP contribution in [0.2, 0.25) is 0 Å². The number of benzene rings is 9. The minimum absolute atomic E-state index is 0.257. The van der Waals surface area contributed by atoms with E-state index in [0.29, 0.717) is 55.9 Å². The van der Waals surface area contributed by atoms with Crippen molar-refractivity contribution in [2.75, 3.05) is 0 Å². The van der Waals surface area contributed by atoms with Gasteiger partial charge in [0.2, 0.25) is 0 Å². The average Bonchev–Trinajstić information content (AvgIpc) is 3.95. The van der Waals surface area contributed by atoms with Gasteiger partial charge in [0.15, 0.2) is 5.82 Å². The van der Waals surface area contributed by atoms with E-state index in [1.165, 1.54) is 32.6 Å². The Labute approximate surface area is 402 Å². The molecule has 12 aromatic rings. The molecule has 12 rings (SSSR count). The molecular formula is C62H34N8. The van der Waals surface area contributed by atoms with Crippen LogP contribution in [0.4, 0.5) is 0 Å². The Morgan fingerprint density at radius 2 is 0.714 bits per heavy atom. The van der Waals surface area contributed by atoms with E-state index in [9.17, 15) is 21.0 Å². The molecule has 0 N–H and O–H groups in total. The Bertz CT molecular complexity index is 4150. The smallest absolute Gasteiger partial charge is 0.161 e. The van der Waals surface area contributed by atoms with E-state index >= 15 is 0 Å². The molecule has 3 aromatic heterocycles. The number of fused-ring (bicyclic) bond motifs is 6. The maximum absolute atomic E-state index is 10.6. The van der Waals surface area contributed by atoms with Crippen LogP contribution in [0.15, 0.2) is 206 Å². The highest BCUT2D eigenvalue weighted by molar-refractivity contribution is 6.12. The maximum atomic E-state index is 10.6. The Morgan fingerprint density at radius 1 is 0.300 bits per heavy atom. The van der Waals surface area contributed by atoms with Gasteiger partial charge < -0.3 is 9.13 Å². The lowest BCUT2D eigenvalue weighted by atomic mass is 9.91. The lowest BCUT2D eigenvalue weighted by Gasteiger charge is -2.14. The van der Waals surface area contributed by atoms with Gasteiger partial charge in [-0.3, -0.25) is 0 Å². The zero-order valence-corrected chi connectivity index (χ0v) is 37.2. The van der Waals surface area contributed by atoms with Crippen LogP contribution in [0.5, 0.6) is 0 Å². The van der Waals surface area contributed by atoms with Crippen molar-refractivity contribution < 1.29 is 0 Å². The molecule has 0 aliphatic rings. The number of nitrogens with zero attached hydrogens (tertiary/aromatic N) is 8. The van der Waals surface area contributed by atoms with Gasteiger partial charge in [0.25, 0.3) is 0 Å². The summed E-state index contributed by atoms with van der Waals surface area (Å²) in [5.74, 6) is 0.257. The van der Waals surface area contributed by atoms with E-state index in [1.807, 2.05) is 30.3 Å². The summed E-state index contributed by atoms with van der Waals surface area (Å²) in [6.45, 7) is 0. The normalized spacial score (nSPS) is 11.1. The van der Waals surface area contributed by atoms with Gasteiger partial charge >= 0.3 is 0 Å². The average molecular weight is 891 g/mol. The molecule has 9 aromatic carbocycles. The third-order valence-electron chi connectivity index (χ3n) is 13.2. The Hall–Kier alpha value is -10.4. The quantitative estimate of drug-likeness (QED) is 0.157. The van der Waals surface area contributed by atoms with Crippen LogP contribution < -0.4 is 0 Å². The molecule has 322 valence electrons. The van der Waals surface area contributed by atoms with E-state index in [2.05, 4.69) is 149 Å². The first-order valence-electron chi connectivity index (χ1n) is 22.6. The lowest BCUT2D eigenvalue weighted by molar-refractivity contribution is 1.17. The minimum atomic E-state index is 0.257. The Kier molecular flexibility index (Phi) is 9.86. The van der Waals surface area contributed by atoms with Crippen molar-refractivity contribution in [2.24, 2.45) is 0 Å². The third kappa shape index (κ3) is 6.73. The highest BCUT2D eigenvalue weighted by atomic mass is 15.0. The number of aromatic nitrogens is 4. The first-order chi connectivity index (χ1) is 34.5. The molecule has 0 atom stereocenters. The van der Waals surface area contributed by atoms with Gasteiger partial charge in [-0.05, 0) is 102 Å². The highest BCUT2D eigenvalue weighted by Crippen LogP contribution is 2.39. The first kappa shape index (κ1) is 41.1. The van der Waals surface area contributed by atoms with Gasteiger partial charge in [0, 0.05) is 55.2 Å². The van der Waals surface area contributed by atoms with Crippen molar-refractivity contribution in [1.29, 1.82) is 21.0 Å². The Balaban J connectivity index is 0.886. The van der Waals surface area contributed by atoms with Gasteiger partial charge in [-0.2, -0.15) is 21.0 Å². The zero-order chi connectivity index (χ0) is 47.3. The zero-order valence-electron chi connectivity index (χ0n) is 37.2. The second kappa shape index (κ2) is 16.8. The number of hydrogen-bond acceptors (Lipinski definition) is 6. The fraction of sp³-hybridized carbons (Fsp3) is 0. The molecule has 0 bridgehead atoms. The standard InChI is InChI=1S/C62H34N8/c63-35-42-11-1-3-13-48(42)56-34-57(68-62(67-56)49-14-4-2-12-43(49)36-64)54-32-44(37-65)53(31-45(54)38-66)41-23-21-39(22-24-41)40-25-27-46(28-26-40)69-60-20-10-7-17-52(60)55-33-47(29-30-61(55)69)70-58-18-8-5-15-50(58)51-16-6-9-19-59(51)70/h1-34H. The predicted molar refractivity (Wildman–Crippen MR) is 277 cm³/mol. The fourth-order valence-corrected chi connectivity index (χ4v) is 9.88. The van der Waals surface area contributed by atoms with Crippen LogP contribution in [-0.4, -0.2) is 19.1 Å². The second-order valence-electron chi connectivity index (χ2n) is 17.0. The second-order valence-corrected chi connectivity index (χ2v) is 17.0. The predicted octanol–water partition coefficient (Wildman–Crippen LogP) is 14.5. The molecule has 0 aliphatic heterocycles. The summed E-state index contributed by atoms with van der Waals surface area (Å²) >= 11 is 0.